The van der Waals surface area contributed by atoms with Gasteiger partial charge in [-0.25, -0.2) is 0 Å². The standard InChI is InChI=1S/CH4.3CH3.Y/h1H4;3*1H3;/q;3*-1;+3. The van der Waals surface area contributed by atoms with Crippen molar-refractivity contribution >= 4 is 0 Å². The minimum absolute atomic E-state index is 0. The number of hydrogen-bond donors (Lipinski definition) is 0. The van der Waals surface area contributed by atoms with Crippen LogP contribution in [0.15, 0.2) is 0 Å². The first-order chi connectivity index (χ1) is 0. The summed E-state index contributed by atoms with van der Waals surface area (Å²) in [5.74, 6) is 0. The maximum absolute atomic E-state index is 0. The molecule has 0 radical (unpaired) electrons. The fourth-order valence-corrected chi connectivity index (χ4v) is 0. The Hall–Kier alpha value is 1.10. The zero-order valence-electron chi connectivity index (χ0n) is 3.58. The molecule has 0 aromatic rings. The van der Waals surface area contributed by atoms with Crippen molar-refractivity contribution < 1.29 is 32.7 Å². The van der Waals surface area contributed by atoms with Crippen molar-refractivity contribution in [1.29, 1.82) is 0 Å². The van der Waals surface area contributed by atoms with Crippen LogP contribution in [0.2, 0.25) is 0 Å². The van der Waals surface area contributed by atoms with E-state index in [2.05, 4.69) is 0 Å². The van der Waals surface area contributed by atoms with Crippen LogP contribution in [-0.4, -0.2) is 0 Å². The van der Waals surface area contributed by atoms with E-state index in [0.29, 0.717) is 0 Å². The van der Waals surface area contributed by atoms with E-state index in [4.69, 9.17) is 0 Å². The second-order valence-electron chi connectivity index (χ2n) is 0. The summed E-state index contributed by atoms with van der Waals surface area (Å²) < 4.78 is 0. The molecule has 1 heteroatoms. The molecule has 0 atom stereocenters. The Kier molecular flexibility index (Phi) is 1840. The maximum Gasteiger partial charge on any atom is 3.00 e. The molecule has 0 nitrogen and oxygen atoms in total. The fraction of sp³-hybridized carbons (Fsp3) is 0.250. The molecule has 0 amide bonds. The van der Waals surface area contributed by atoms with Gasteiger partial charge in [-0.3, -0.25) is 0 Å². The van der Waals surface area contributed by atoms with Gasteiger partial charge in [0.1, 0.15) is 0 Å². The third-order valence-electron chi connectivity index (χ3n) is 0. The van der Waals surface area contributed by atoms with Crippen LogP contribution >= 0.6 is 0 Å². The fourth-order valence-electron chi connectivity index (χ4n) is 0. The Morgan fingerprint density at radius 1 is 0.600 bits per heavy atom. The molecule has 0 aromatic heterocycles. The molecule has 0 saturated heterocycles. The molecule has 0 saturated carbocycles. The molecular weight excluding hydrogens is 137 g/mol. The quantitative estimate of drug-likeness (QED) is 0.463. The van der Waals surface area contributed by atoms with Crippen LogP contribution < -0.4 is 0 Å². The van der Waals surface area contributed by atoms with Gasteiger partial charge in [0, 0.05) is 0 Å². The Balaban J connectivity index is 0. The van der Waals surface area contributed by atoms with E-state index in [0.717, 1.165) is 0 Å². The Labute approximate surface area is 62.2 Å². The van der Waals surface area contributed by atoms with Crippen molar-refractivity contribution in [3.63, 3.8) is 0 Å². The van der Waals surface area contributed by atoms with Crippen molar-refractivity contribution in [1.82, 2.24) is 0 Å². The first kappa shape index (κ1) is 130. The molecular formula is C4H13Y. The number of rotatable bonds is 0. The van der Waals surface area contributed by atoms with Gasteiger partial charge in [-0.1, -0.05) is 7.43 Å². The zero-order valence-corrected chi connectivity index (χ0v) is 6.42. The molecule has 0 heterocycles. The van der Waals surface area contributed by atoms with Gasteiger partial charge in [-0.05, 0) is 0 Å². The second-order valence-corrected chi connectivity index (χ2v) is 0. The summed E-state index contributed by atoms with van der Waals surface area (Å²) in [4.78, 5) is 0. The Morgan fingerprint density at radius 2 is 0.600 bits per heavy atom. The van der Waals surface area contributed by atoms with Gasteiger partial charge in [0.05, 0.1) is 0 Å². The van der Waals surface area contributed by atoms with E-state index in [1.807, 2.05) is 0 Å². The molecule has 0 aliphatic carbocycles. The molecule has 0 bridgehead atoms. The molecule has 0 rings (SSSR count). The van der Waals surface area contributed by atoms with Gasteiger partial charge in [0.25, 0.3) is 0 Å². The average molecular weight is 150 g/mol. The average Bonchev–Trinajstić information content (AvgIpc) is 0. The van der Waals surface area contributed by atoms with E-state index >= 15 is 0 Å². The van der Waals surface area contributed by atoms with Crippen LogP contribution in [0.3, 0.4) is 0 Å². The SMILES string of the molecule is C.[CH3-].[CH3-].[CH3-].[Y+3]. The van der Waals surface area contributed by atoms with E-state index in [9.17, 15) is 0 Å². The van der Waals surface area contributed by atoms with Crippen LogP contribution in [0.5, 0.6) is 0 Å². The van der Waals surface area contributed by atoms with Crippen molar-refractivity contribution in [2.45, 2.75) is 7.43 Å². The smallest absolute Gasteiger partial charge is 0.358 e. The largest absolute Gasteiger partial charge is 3.00 e. The minimum Gasteiger partial charge on any atom is -0.358 e. The van der Waals surface area contributed by atoms with Crippen LogP contribution in [0.4, 0.5) is 0 Å². The molecule has 32 valence electrons. The summed E-state index contributed by atoms with van der Waals surface area (Å²) in [6.07, 6.45) is 0. The third kappa shape index (κ3) is 40.4. The van der Waals surface area contributed by atoms with Gasteiger partial charge in [0.15, 0.2) is 0 Å². The Morgan fingerprint density at radius 3 is 0.600 bits per heavy atom. The zero-order chi connectivity index (χ0) is 0. The monoisotopic (exact) mass is 150 g/mol. The molecule has 0 spiro atoms. The first-order valence-electron chi connectivity index (χ1n) is 0. The van der Waals surface area contributed by atoms with Crippen LogP contribution in [-0.2, 0) is 32.7 Å². The predicted molar refractivity (Wildman–Crippen MR) is 26.0 cm³/mol. The number of hydrogen-bond acceptors (Lipinski definition) is 0. The first-order valence-corrected chi connectivity index (χ1v) is 0. The summed E-state index contributed by atoms with van der Waals surface area (Å²) in [6, 6.07) is 0. The molecule has 0 aliphatic heterocycles. The summed E-state index contributed by atoms with van der Waals surface area (Å²) in [6.45, 7) is 0. The maximum atomic E-state index is 0. The van der Waals surface area contributed by atoms with Crippen LogP contribution in [0.1, 0.15) is 7.43 Å². The van der Waals surface area contributed by atoms with Gasteiger partial charge in [0.2, 0.25) is 0 Å². The van der Waals surface area contributed by atoms with Crippen molar-refractivity contribution in [2.24, 2.45) is 0 Å². The van der Waals surface area contributed by atoms with E-state index in [1.54, 1.807) is 0 Å². The third-order valence-corrected chi connectivity index (χ3v) is 0. The molecule has 0 N–H and O–H groups in total. The molecule has 0 aromatic carbocycles. The van der Waals surface area contributed by atoms with Crippen molar-refractivity contribution in [3.8, 4) is 0 Å². The van der Waals surface area contributed by atoms with E-state index in [1.165, 1.54) is 0 Å². The van der Waals surface area contributed by atoms with E-state index in [-0.39, 0.29) is 62.4 Å². The van der Waals surface area contributed by atoms with Gasteiger partial charge in [-0.15, -0.1) is 0 Å². The predicted octanol–water partition coefficient (Wildman–Crippen LogP) is 1.98. The molecule has 0 aliphatic rings. The minimum atomic E-state index is 0. The van der Waals surface area contributed by atoms with E-state index < -0.39 is 0 Å². The second kappa shape index (κ2) is 70.5. The van der Waals surface area contributed by atoms with Crippen LogP contribution in [0, 0.1) is 22.3 Å². The summed E-state index contributed by atoms with van der Waals surface area (Å²) in [5, 5.41) is 0. The van der Waals surface area contributed by atoms with Gasteiger partial charge < -0.3 is 22.3 Å². The van der Waals surface area contributed by atoms with Gasteiger partial charge in [-0.2, -0.15) is 0 Å². The summed E-state index contributed by atoms with van der Waals surface area (Å²) in [7, 11) is 0. The topological polar surface area (TPSA) is 0 Å². The van der Waals surface area contributed by atoms with Gasteiger partial charge >= 0.3 is 32.7 Å². The Bertz CT molecular complexity index is 3.61. The summed E-state index contributed by atoms with van der Waals surface area (Å²) >= 11 is 0. The molecule has 0 unspecified atom stereocenters. The van der Waals surface area contributed by atoms with Crippen LogP contribution in [0.25, 0.3) is 0 Å². The van der Waals surface area contributed by atoms with Crippen molar-refractivity contribution in [3.05, 3.63) is 22.3 Å². The normalized spacial score (nSPS) is 0. The molecule has 0 fully saturated rings. The summed E-state index contributed by atoms with van der Waals surface area (Å²) in [5.41, 5.74) is 0. The molecule has 5 heavy (non-hydrogen) atoms. The van der Waals surface area contributed by atoms with Crippen molar-refractivity contribution in [2.75, 3.05) is 0 Å².